The van der Waals surface area contributed by atoms with Gasteiger partial charge in [-0.3, -0.25) is 4.90 Å². The van der Waals surface area contributed by atoms with E-state index in [2.05, 4.69) is 35.4 Å². The standard InChI is InChI=1S/C23H25FN8O2/c1-15-9-18(33-8-7-32-6-5-16(24)13-32)11-25-23(15)34-17-3-4-20-19(10-17)22(27-14-26-20)29-21-12-28-31(2)30-21/h3-4,9-12,14,16H,5-8,13H2,1-2H3,(H,26,27,29,30). The van der Waals surface area contributed by atoms with Gasteiger partial charge in [0.1, 0.15) is 36.4 Å². The molecule has 0 amide bonds. The summed E-state index contributed by atoms with van der Waals surface area (Å²) in [4.78, 5) is 16.6. The average molecular weight is 465 g/mol. The first-order valence-corrected chi connectivity index (χ1v) is 11.1. The maximum absolute atomic E-state index is 13.3. The highest BCUT2D eigenvalue weighted by Crippen LogP contribution is 2.30. The number of aryl methyl sites for hydroxylation is 2. The SMILES string of the molecule is Cc1cc(OCCN2CCC(F)C2)cnc1Oc1ccc2ncnc(Nc3cnn(C)n3)c2c1. The Morgan fingerprint density at radius 2 is 2.06 bits per heavy atom. The van der Waals surface area contributed by atoms with E-state index < -0.39 is 6.17 Å². The fourth-order valence-electron chi connectivity index (χ4n) is 3.84. The molecular weight excluding hydrogens is 439 g/mol. The summed E-state index contributed by atoms with van der Waals surface area (Å²) in [6.45, 7) is 4.36. The highest BCUT2D eigenvalue weighted by molar-refractivity contribution is 5.91. The van der Waals surface area contributed by atoms with Gasteiger partial charge in [0, 0.05) is 37.6 Å². The van der Waals surface area contributed by atoms with Gasteiger partial charge in [-0.25, -0.2) is 19.3 Å². The number of halogens is 1. The minimum atomic E-state index is -0.721. The summed E-state index contributed by atoms with van der Waals surface area (Å²) < 4.78 is 25.1. The second kappa shape index (κ2) is 9.56. The number of aromatic nitrogens is 6. The molecule has 0 radical (unpaired) electrons. The van der Waals surface area contributed by atoms with Crippen molar-refractivity contribution in [3.8, 4) is 17.4 Å². The van der Waals surface area contributed by atoms with Crippen LogP contribution in [-0.2, 0) is 7.05 Å². The first-order valence-electron chi connectivity index (χ1n) is 11.1. The Morgan fingerprint density at radius 1 is 1.15 bits per heavy atom. The number of alkyl halides is 1. The molecule has 3 aromatic heterocycles. The molecule has 1 saturated heterocycles. The van der Waals surface area contributed by atoms with Crippen molar-refractivity contribution in [2.45, 2.75) is 19.5 Å². The molecule has 1 fully saturated rings. The molecule has 4 heterocycles. The molecule has 0 aliphatic carbocycles. The lowest BCUT2D eigenvalue weighted by atomic mass is 10.2. The molecule has 1 atom stereocenters. The van der Waals surface area contributed by atoms with Gasteiger partial charge in [-0.15, -0.1) is 5.10 Å². The lowest BCUT2D eigenvalue weighted by Crippen LogP contribution is -2.26. The van der Waals surface area contributed by atoms with Crippen LogP contribution >= 0.6 is 0 Å². The van der Waals surface area contributed by atoms with Gasteiger partial charge in [0.25, 0.3) is 0 Å². The zero-order valence-electron chi connectivity index (χ0n) is 19.0. The predicted octanol–water partition coefficient (Wildman–Crippen LogP) is 3.42. The molecule has 0 saturated carbocycles. The van der Waals surface area contributed by atoms with E-state index in [1.165, 1.54) is 11.1 Å². The lowest BCUT2D eigenvalue weighted by Gasteiger charge is -2.15. The van der Waals surface area contributed by atoms with Crippen molar-refractivity contribution in [1.82, 2.24) is 34.8 Å². The van der Waals surface area contributed by atoms with Crippen molar-refractivity contribution in [3.05, 3.63) is 48.5 Å². The van der Waals surface area contributed by atoms with Gasteiger partial charge in [-0.1, -0.05) is 0 Å². The third-order valence-electron chi connectivity index (χ3n) is 5.56. The van der Waals surface area contributed by atoms with Crippen molar-refractivity contribution in [2.24, 2.45) is 7.05 Å². The Kier molecular flexibility index (Phi) is 6.17. The third-order valence-corrected chi connectivity index (χ3v) is 5.56. The largest absolute Gasteiger partial charge is 0.491 e. The highest BCUT2D eigenvalue weighted by Gasteiger charge is 2.21. The number of pyridine rings is 1. The highest BCUT2D eigenvalue weighted by atomic mass is 19.1. The van der Waals surface area contributed by atoms with Crippen LogP contribution in [0.2, 0.25) is 0 Å². The number of nitrogens with one attached hydrogen (secondary N) is 1. The molecule has 1 aromatic carbocycles. The molecular formula is C23H25FN8O2. The summed E-state index contributed by atoms with van der Waals surface area (Å²) in [5.41, 5.74) is 1.60. The van der Waals surface area contributed by atoms with Crippen molar-refractivity contribution in [2.75, 3.05) is 31.6 Å². The molecule has 0 bridgehead atoms. The van der Waals surface area contributed by atoms with Gasteiger partial charge < -0.3 is 14.8 Å². The molecule has 34 heavy (non-hydrogen) atoms. The summed E-state index contributed by atoms with van der Waals surface area (Å²) in [5.74, 6) is 2.91. The van der Waals surface area contributed by atoms with E-state index in [0.717, 1.165) is 23.0 Å². The molecule has 1 unspecified atom stereocenters. The molecule has 0 spiro atoms. The van der Waals surface area contributed by atoms with Crippen LogP contribution in [0.5, 0.6) is 17.4 Å². The first-order chi connectivity index (χ1) is 16.5. The molecule has 4 aromatic rings. The zero-order valence-corrected chi connectivity index (χ0v) is 19.0. The van der Waals surface area contributed by atoms with Crippen LogP contribution in [0.15, 0.2) is 43.0 Å². The van der Waals surface area contributed by atoms with Crippen LogP contribution < -0.4 is 14.8 Å². The van der Waals surface area contributed by atoms with Gasteiger partial charge in [0.15, 0.2) is 5.82 Å². The Morgan fingerprint density at radius 3 is 2.82 bits per heavy atom. The summed E-state index contributed by atoms with van der Waals surface area (Å²) in [7, 11) is 1.75. The van der Waals surface area contributed by atoms with Gasteiger partial charge >= 0.3 is 0 Å². The van der Waals surface area contributed by atoms with E-state index in [1.807, 2.05) is 31.2 Å². The minimum absolute atomic E-state index is 0.479. The van der Waals surface area contributed by atoms with E-state index in [-0.39, 0.29) is 0 Å². The van der Waals surface area contributed by atoms with Gasteiger partial charge in [0.05, 0.1) is 17.9 Å². The third kappa shape index (κ3) is 5.04. The van der Waals surface area contributed by atoms with E-state index in [9.17, 15) is 4.39 Å². The van der Waals surface area contributed by atoms with Crippen molar-refractivity contribution in [1.29, 1.82) is 0 Å². The van der Waals surface area contributed by atoms with Gasteiger partial charge in [-0.2, -0.15) is 9.90 Å². The second-order valence-electron chi connectivity index (χ2n) is 8.18. The Bertz CT molecular complexity index is 1300. The second-order valence-corrected chi connectivity index (χ2v) is 8.18. The summed E-state index contributed by atoms with van der Waals surface area (Å²) in [6, 6.07) is 7.44. The van der Waals surface area contributed by atoms with Gasteiger partial charge in [0.2, 0.25) is 5.88 Å². The summed E-state index contributed by atoms with van der Waals surface area (Å²) in [6.07, 6.45) is 4.63. The normalized spacial score (nSPS) is 16.1. The number of anilines is 2. The fourth-order valence-corrected chi connectivity index (χ4v) is 3.84. The molecule has 10 nitrogen and oxygen atoms in total. The van der Waals surface area contributed by atoms with Crippen LogP contribution in [-0.4, -0.2) is 67.3 Å². The Hall–Kier alpha value is -3.86. The van der Waals surface area contributed by atoms with Crippen LogP contribution in [0.1, 0.15) is 12.0 Å². The van der Waals surface area contributed by atoms with Crippen molar-refractivity contribution < 1.29 is 13.9 Å². The number of fused-ring (bicyclic) bond motifs is 1. The maximum atomic E-state index is 13.3. The summed E-state index contributed by atoms with van der Waals surface area (Å²) >= 11 is 0. The monoisotopic (exact) mass is 464 g/mol. The average Bonchev–Trinajstić information content (AvgIpc) is 3.43. The van der Waals surface area contributed by atoms with Crippen molar-refractivity contribution in [3.63, 3.8) is 0 Å². The number of nitrogens with zero attached hydrogens (tertiary/aromatic N) is 7. The maximum Gasteiger partial charge on any atom is 0.222 e. The van der Waals surface area contributed by atoms with Gasteiger partial charge in [-0.05, 0) is 37.6 Å². The number of hydrogen-bond acceptors (Lipinski definition) is 9. The van der Waals surface area contributed by atoms with Crippen LogP contribution in [0.3, 0.4) is 0 Å². The van der Waals surface area contributed by atoms with E-state index in [4.69, 9.17) is 9.47 Å². The van der Waals surface area contributed by atoms with E-state index in [1.54, 1.807) is 19.4 Å². The smallest absolute Gasteiger partial charge is 0.222 e. The van der Waals surface area contributed by atoms with E-state index in [0.29, 0.717) is 55.1 Å². The Balaban J connectivity index is 1.27. The molecule has 1 aliphatic rings. The van der Waals surface area contributed by atoms with E-state index >= 15 is 0 Å². The Labute approximate surface area is 195 Å². The molecule has 1 aliphatic heterocycles. The molecule has 176 valence electrons. The number of rotatable bonds is 8. The molecule has 11 heteroatoms. The zero-order chi connectivity index (χ0) is 23.5. The number of hydrogen-bond donors (Lipinski definition) is 1. The first kappa shape index (κ1) is 22.0. The van der Waals surface area contributed by atoms with Crippen molar-refractivity contribution >= 4 is 22.5 Å². The summed E-state index contributed by atoms with van der Waals surface area (Å²) in [5, 5.41) is 12.2. The lowest BCUT2D eigenvalue weighted by molar-refractivity contribution is 0.224. The quantitative estimate of drug-likeness (QED) is 0.420. The van der Waals surface area contributed by atoms with Crippen LogP contribution in [0.25, 0.3) is 10.9 Å². The molecule has 1 N–H and O–H groups in total. The predicted molar refractivity (Wildman–Crippen MR) is 124 cm³/mol. The fraction of sp³-hybridized carbons (Fsp3) is 0.348. The number of ether oxygens (including phenoxy) is 2. The number of likely N-dealkylation sites (tertiary alicyclic amines) is 1. The molecule has 5 rings (SSSR count). The topological polar surface area (TPSA) is 103 Å². The number of benzene rings is 1. The van der Waals surface area contributed by atoms with Crippen LogP contribution in [0, 0.1) is 6.92 Å². The van der Waals surface area contributed by atoms with Crippen LogP contribution in [0.4, 0.5) is 16.0 Å². The minimum Gasteiger partial charge on any atom is -0.491 e.